The lowest BCUT2D eigenvalue weighted by Gasteiger charge is -2.14. The van der Waals surface area contributed by atoms with Crippen LogP contribution in [0.2, 0.25) is 0 Å². The van der Waals surface area contributed by atoms with E-state index in [0.717, 1.165) is 0 Å². The Morgan fingerprint density at radius 3 is 2.60 bits per heavy atom. The lowest BCUT2D eigenvalue weighted by Crippen LogP contribution is -2.17. The first-order chi connectivity index (χ1) is 6.93. The van der Waals surface area contributed by atoms with Crippen molar-refractivity contribution in [2.45, 2.75) is 44.3 Å². The molecule has 0 saturated heterocycles. The van der Waals surface area contributed by atoms with Crippen LogP contribution in [0.4, 0.5) is 8.78 Å². The SMILES string of the molecule is CCC(F)(F)CCCSC(C)C(=O)OC. The fraction of sp³-hybridized carbons (Fsp3) is 0.900. The molecule has 0 saturated carbocycles. The van der Waals surface area contributed by atoms with Gasteiger partial charge in [0.1, 0.15) is 0 Å². The highest BCUT2D eigenvalue weighted by Crippen LogP contribution is 2.25. The summed E-state index contributed by atoms with van der Waals surface area (Å²) >= 11 is 1.35. The number of hydrogen-bond acceptors (Lipinski definition) is 3. The molecule has 0 radical (unpaired) electrons. The number of ether oxygens (including phenoxy) is 1. The minimum Gasteiger partial charge on any atom is -0.468 e. The van der Waals surface area contributed by atoms with Crippen LogP contribution >= 0.6 is 11.8 Å². The maximum Gasteiger partial charge on any atom is 0.318 e. The van der Waals surface area contributed by atoms with Gasteiger partial charge in [-0.15, -0.1) is 11.8 Å². The minimum atomic E-state index is -2.56. The van der Waals surface area contributed by atoms with Gasteiger partial charge in [0.15, 0.2) is 0 Å². The van der Waals surface area contributed by atoms with E-state index in [4.69, 9.17) is 0 Å². The molecule has 0 amide bonds. The van der Waals surface area contributed by atoms with Crippen molar-refractivity contribution in [1.82, 2.24) is 0 Å². The number of esters is 1. The van der Waals surface area contributed by atoms with Crippen molar-refractivity contribution < 1.29 is 18.3 Å². The van der Waals surface area contributed by atoms with Crippen LogP contribution in [0.15, 0.2) is 0 Å². The van der Waals surface area contributed by atoms with Crippen LogP contribution < -0.4 is 0 Å². The first kappa shape index (κ1) is 14.7. The summed E-state index contributed by atoms with van der Waals surface area (Å²) in [4.78, 5) is 11.0. The number of halogens is 2. The Morgan fingerprint density at radius 1 is 1.53 bits per heavy atom. The summed E-state index contributed by atoms with van der Waals surface area (Å²) < 4.78 is 30.1. The number of carbonyl (C=O) groups is 1. The van der Waals surface area contributed by atoms with Gasteiger partial charge in [0.2, 0.25) is 5.92 Å². The van der Waals surface area contributed by atoms with E-state index >= 15 is 0 Å². The quantitative estimate of drug-likeness (QED) is 0.505. The summed E-state index contributed by atoms with van der Waals surface area (Å²) in [6, 6.07) is 0. The van der Waals surface area contributed by atoms with Crippen molar-refractivity contribution in [3.8, 4) is 0 Å². The largest absolute Gasteiger partial charge is 0.468 e. The zero-order valence-corrected chi connectivity index (χ0v) is 10.2. The Bertz CT molecular complexity index is 198. The molecule has 2 nitrogen and oxygen atoms in total. The standard InChI is InChI=1S/C10H18F2O2S/c1-4-10(11,12)6-5-7-15-8(2)9(13)14-3/h8H,4-7H2,1-3H3. The molecule has 1 atom stereocenters. The summed E-state index contributed by atoms with van der Waals surface area (Å²) in [7, 11) is 1.32. The lowest BCUT2D eigenvalue weighted by atomic mass is 10.1. The second-order valence-electron chi connectivity index (χ2n) is 3.35. The van der Waals surface area contributed by atoms with Gasteiger partial charge in [0.05, 0.1) is 12.4 Å². The second kappa shape index (κ2) is 7.04. The van der Waals surface area contributed by atoms with Crippen molar-refractivity contribution in [3.05, 3.63) is 0 Å². The van der Waals surface area contributed by atoms with E-state index < -0.39 is 5.92 Å². The lowest BCUT2D eigenvalue weighted by molar-refractivity contribution is -0.139. The van der Waals surface area contributed by atoms with Crippen LogP contribution in [0.1, 0.15) is 33.1 Å². The van der Waals surface area contributed by atoms with Crippen molar-refractivity contribution >= 4 is 17.7 Å². The molecular weight excluding hydrogens is 222 g/mol. The third-order valence-corrected chi connectivity index (χ3v) is 3.32. The highest BCUT2D eigenvalue weighted by atomic mass is 32.2. The van der Waals surface area contributed by atoms with Gasteiger partial charge in [-0.3, -0.25) is 4.79 Å². The monoisotopic (exact) mass is 240 g/mol. The molecule has 0 aromatic heterocycles. The molecule has 0 aliphatic heterocycles. The fourth-order valence-corrected chi connectivity index (χ4v) is 1.90. The third-order valence-electron chi connectivity index (χ3n) is 2.11. The molecule has 0 aliphatic rings. The molecule has 5 heteroatoms. The van der Waals surface area contributed by atoms with Gasteiger partial charge in [-0.2, -0.15) is 0 Å². The van der Waals surface area contributed by atoms with Gasteiger partial charge in [-0.1, -0.05) is 6.92 Å². The molecule has 15 heavy (non-hydrogen) atoms. The second-order valence-corrected chi connectivity index (χ2v) is 4.80. The molecule has 0 aromatic carbocycles. The Kier molecular flexibility index (Phi) is 6.89. The number of hydrogen-bond donors (Lipinski definition) is 0. The molecular formula is C10H18F2O2S. The summed E-state index contributed by atoms with van der Waals surface area (Å²) in [6.07, 6.45) is 0.196. The van der Waals surface area contributed by atoms with Crippen LogP contribution in [-0.2, 0) is 9.53 Å². The minimum absolute atomic E-state index is 0.107. The van der Waals surface area contributed by atoms with Crippen molar-refractivity contribution in [2.24, 2.45) is 0 Å². The van der Waals surface area contributed by atoms with Crippen molar-refractivity contribution in [3.63, 3.8) is 0 Å². The number of rotatable bonds is 7. The zero-order chi connectivity index (χ0) is 11.9. The van der Waals surface area contributed by atoms with E-state index in [1.165, 1.54) is 25.8 Å². The van der Waals surface area contributed by atoms with Crippen molar-refractivity contribution in [1.29, 1.82) is 0 Å². The Balaban J connectivity index is 3.59. The zero-order valence-electron chi connectivity index (χ0n) is 9.39. The van der Waals surface area contributed by atoms with Gasteiger partial charge in [-0.25, -0.2) is 8.78 Å². The van der Waals surface area contributed by atoms with Crippen LogP contribution in [0.5, 0.6) is 0 Å². The van der Waals surface area contributed by atoms with Crippen LogP contribution in [0.3, 0.4) is 0 Å². The predicted molar refractivity (Wildman–Crippen MR) is 58.4 cm³/mol. The molecule has 90 valence electrons. The first-order valence-electron chi connectivity index (χ1n) is 5.00. The highest BCUT2D eigenvalue weighted by Gasteiger charge is 2.25. The average molecular weight is 240 g/mol. The maximum absolute atomic E-state index is 12.8. The Labute approximate surface area is 93.8 Å². The molecule has 0 bridgehead atoms. The normalized spacial score (nSPS) is 13.7. The molecule has 0 heterocycles. The van der Waals surface area contributed by atoms with Gasteiger partial charge >= 0.3 is 5.97 Å². The molecule has 0 fully saturated rings. The first-order valence-corrected chi connectivity index (χ1v) is 6.05. The van der Waals surface area contributed by atoms with E-state index in [1.54, 1.807) is 6.92 Å². The molecule has 0 aromatic rings. The van der Waals surface area contributed by atoms with E-state index in [0.29, 0.717) is 12.2 Å². The topological polar surface area (TPSA) is 26.3 Å². The molecule has 0 aliphatic carbocycles. The number of thioether (sulfide) groups is 1. The van der Waals surface area contributed by atoms with Crippen LogP contribution in [-0.4, -0.2) is 30.0 Å². The molecule has 0 rings (SSSR count). The number of alkyl halides is 2. The van der Waals surface area contributed by atoms with Gasteiger partial charge in [0.25, 0.3) is 0 Å². The van der Waals surface area contributed by atoms with Crippen LogP contribution in [0, 0.1) is 0 Å². The number of carbonyl (C=O) groups excluding carboxylic acids is 1. The summed E-state index contributed by atoms with van der Waals surface area (Å²) in [6.45, 7) is 3.19. The highest BCUT2D eigenvalue weighted by molar-refractivity contribution is 8.00. The summed E-state index contributed by atoms with van der Waals surface area (Å²) in [5.41, 5.74) is 0. The maximum atomic E-state index is 12.8. The smallest absolute Gasteiger partial charge is 0.318 e. The van der Waals surface area contributed by atoms with E-state index in [9.17, 15) is 13.6 Å². The van der Waals surface area contributed by atoms with Gasteiger partial charge < -0.3 is 4.74 Å². The summed E-state index contributed by atoms with van der Waals surface area (Å²) in [5.74, 6) is -2.30. The fourth-order valence-electron chi connectivity index (χ4n) is 1.00. The Hall–Kier alpha value is -0.320. The average Bonchev–Trinajstić information content (AvgIpc) is 2.22. The Morgan fingerprint density at radius 2 is 2.13 bits per heavy atom. The summed E-state index contributed by atoms with van der Waals surface area (Å²) in [5, 5.41) is -0.273. The van der Waals surface area contributed by atoms with Crippen LogP contribution in [0.25, 0.3) is 0 Å². The number of methoxy groups -OCH3 is 1. The molecule has 0 spiro atoms. The third kappa shape index (κ3) is 6.71. The van der Waals surface area contributed by atoms with E-state index in [2.05, 4.69) is 4.74 Å². The van der Waals surface area contributed by atoms with Gasteiger partial charge in [-0.05, 0) is 19.1 Å². The van der Waals surface area contributed by atoms with E-state index in [-0.39, 0.29) is 24.1 Å². The van der Waals surface area contributed by atoms with E-state index in [1.807, 2.05) is 0 Å². The molecule has 1 unspecified atom stereocenters. The predicted octanol–water partition coefficient (Wildman–Crippen LogP) is 3.11. The molecule has 0 N–H and O–H groups in total. The van der Waals surface area contributed by atoms with Gasteiger partial charge in [0, 0.05) is 12.8 Å². The van der Waals surface area contributed by atoms with Crippen molar-refractivity contribution in [2.75, 3.05) is 12.9 Å².